The zero-order valence-corrected chi connectivity index (χ0v) is 21.5. The number of aromatic nitrogens is 2. The third-order valence-corrected chi connectivity index (χ3v) is 5.79. The lowest BCUT2D eigenvalue weighted by molar-refractivity contribution is -0.116. The number of alkyl halides is 1. The van der Waals surface area contributed by atoms with Gasteiger partial charge in [-0.3, -0.25) is 9.59 Å². The molecule has 0 saturated heterocycles. The van der Waals surface area contributed by atoms with Gasteiger partial charge < -0.3 is 15.2 Å². The molecule has 0 unspecified atom stereocenters. The van der Waals surface area contributed by atoms with Crippen LogP contribution in [0.3, 0.4) is 0 Å². The lowest BCUT2D eigenvalue weighted by atomic mass is 10.3. The number of nitrogens with zero attached hydrogens (tertiary/aromatic N) is 2. The quantitative estimate of drug-likeness (QED) is 0.260. The number of para-hydroxylation sites is 2. The third kappa shape index (κ3) is 7.29. The lowest BCUT2D eigenvalue weighted by Gasteiger charge is -2.06. The van der Waals surface area contributed by atoms with Crippen LogP contribution in [0.25, 0.3) is 11.0 Å². The Balaban J connectivity index is 0.000000207. The number of hydrogen-bond acceptors (Lipinski definition) is 3. The minimum Gasteiger partial charge on any atom is -0.325 e. The van der Waals surface area contributed by atoms with Crippen molar-refractivity contribution in [3.63, 3.8) is 0 Å². The topological polar surface area (TPSA) is 76.0 Å². The van der Waals surface area contributed by atoms with Crippen LogP contribution in [0.1, 0.15) is 0 Å². The molecule has 0 aliphatic rings. The molecule has 2 N–H and O–H groups in total. The Morgan fingerprint density at radius 1 is 0.781 bits per heavy atom. The summed E-state index contributed by atoms with van der Waals surface area (Å²) in [5, 5.41) is 5.90. The Kier molecular flexibility index (Phi) is 9.01. The van der Waals surface area contributed by atoms with Crippen LogP contribution in [-0.4, -0.2) is 26.7 Å². The van der Waals surface area contributed by atoms with Gasteiger partial charge in [0.2, 0.25) is 11.8 Å². The summed E-state index contributed by atoms with van der Waals surface area (Å²) in [4.78, 5) is 27.2. The van der Waals surface area contributed by atoms with Gasteiger partial charge in [-0.25, -0.2) is 4.98 Å². The second kappa shape index (κ2) is 11.9. The van der Waals surface area contributed by atoms with Crippen molar-refractivity contribution in [2.45, 2.75) is 6.54 Å². The van der Waals surface area contributed by atoms with Gasteiger partial charge in [0.05, 0.1) is 22.7 Å². The zero-order chi connectivity index (χ0) is 22.9. The first-order valence-electron chi connectivity index (χ1n) is 9.51. The fourth-order valence-corrected chi connectivity index (χ4v) is 3.42. The van der Waals surface area contributed by atoms with Crippen LogP contribution in [0.15, 0.2) is 88.1 Å². The van der Waals surface area contributed by atoms with E-state index in [9.17, 15) is 9.59 Å². The van der Waals surface area contributed by atoms with Crippen molar-refractivity contribution in [3.05, 3.63) is 88.1 Å². The van der Waals surface area contributed by atoms with Crippen molar-refractivity contribution in [2.24, 2.45) is 0 Å². The van der Waals surface area contributed by atoms with Gasteiger partial charge >= 0.3 is 0 Å². The molecule has 0 aliphatic heterocycles. The molecule has 0 bridgehead atoms. The van der Waals surface area contributed by atoms with E-state index < -0.39 is 0 Å². The smallest absolute Gasteiger partial charge is 0.244 e. The summed E-state index contributed by atoms with van der Waals surface area (Å²) in [5.74, 6) is -0.118. The highest BCUT2D eigenvalue weighted by Crippen LogP contribution is 2.16. The number of anilines is 2. The molecule has 4 rings (SSSR count). The molecule has 1 aromatic heterocycles. The van der Waals surface area contributed by atoms with Crippen molar-refractivity contribution in [3.8, 4) is 0 Å². The first-order chi connectivity index (χ1) is 15.4. The molecule has 0 saturated carbocycles. The predicted molar refractivity (Wildman–Crippen MR) is 139 cm³/mol. The third-order valence-electron chi connectivity index (χ3n) is 4.22. The minimum atomic E-state index is -0.0736. The van der Waals surface area contributed by atoms with Crippen molar-refractivity contribution in [1.29, 1.82) is 0 Å². The Bertz CT molecular complexity index is 1190. The summed E-state index contributed by atoms with van der Waals surface area (Å²) >= 11 is 9.73. The van der Waals surface area contributed by atoms with E-state index in [0.717, 1.165) is 31.4 Å². The van der Waals surface area contributed by atoms with Gasteiger partial charge in [-0.1, -0.05) is 59.9 Å². The number of benzene rings is 3. The van der Waals surface area contributed by atoms with E-state index in [-0.39, 0.29) is 18.4 Å². The summed E-state index contributed by atoms with van der Waals surface area (Å²) in [5.41, 5.74) is 3.44. The van der Waals surface area contributed by atoms with Crippen molar-refractivity contribution >= 4 is 82.0 Å². The molecule has 0 spiro atoms. The number of nitrogens with one attached hydrogen (secondary N) is 2. The number of rotatable bonds is 5. The molecule has 164 valence electrons. The first-order valence-corrected chi connectivity index (χ1v) is 12.2. The normalized spacial score (nSPS) is 10.2. The molecule has 3 aromatic carbocycles. The standard InChI is InChI=1S/C15H12BrN3O.C8H7Br2NO/c16-11-5-7-12(8-6-11)18-15(20)9-19-10-17-13-3-1-2-4-14(13)19;9-5-8(12)11-7-3-1-6(10)2-4-7/h1-8,10H,9H2,(H,18,20);1-4H,5H2,(H,11,12). The molecule has 2 amide bonds. The van der Waals surface area contributed by atoms with Gasteiger partial charge in [-0.05, 0) is 60.7 Å². The van der Waals surface area contributed by atoms with Crippen LogP contribution in [0, 0.1) is 0 Å². The Morgan fingerprint density at radius 2 is 1.31 bits per heavy atom. The van der Waals surface area contributed by atoms with Crippen molar-refractivity contribution < 1.29 is 9.59 Å². The molecule has 0 atom stereocenters. The molecular formula is C23H19Br3N4O2. The summed E-state index contributed by atoms with van der Waals surface area (Å²) in [6.45, 7) is 0.247. The Labute approximate surface area is 210 Å². The van der Waals surface area contributed by atoms with E-state index >= 15 is 0 Å². The second-order valence-electron chi connectivity index (χ2n) is 6.60. The van der Waals surface area contributed by atoms with Gasteiger partial charge in [-0.2, -0.15) is 0 Å². The molecule has 1 heterocycles. The zero-order valence-electron chi connectivity index (χ0n) is 16.8. The second-order valence-corrected chi connectivity index (χ2v) is 9.00. The van der Waals surface area contributed by atoms with Crippen LogP contribution < -0.4 is 10.6 Å². The number of carbonyl (C=O) groups is 2. The molecule has 0 radical (unpaired) electrons. The Hall–Kier alpha value is -2.49. The average Bonchev–Trinajstić information content (AvgIpc) is 3.20. The average molecular weight is 623 g/mol. The molecule has 6 nitrogen and oxygen atoms in total. The minimum absolute atomic E-state index is 0.0441. The van der Waals surface area contributed by atoms with Crippen LogP contribution in [0.5, 0.6) is 0 Å². The Morgan fingerprint density at radius 3 is 1.88 bits per heavy atom. The van der Waals surface area contributed by atoms with E-state index in [2.05, 4.69) is 63.4 Å². The van der Waals surface area contributed by atoms with Crippen molar-refractivity contribution in [2.75, 3.05) is 16.0 Å². The lowest BCUT2D eigenvalue weighted by Crippen LogP contribution is -2.18. The molecule has 9 heteroatoms. The van der Waals surface area contributed by atoms with Gasteiger partial charge in [0.25, 0.3) is 0 Å². The molecule has 32 heavy (non-hydrogen) atoms. The monoisotopic (exact) mass is 620 g/mol. The van der Waals surface area contributed by atoms with Crippen LogP contribution >= 0.6 is 47.8 Å². The van der Waals surface area contributed by atoms with Gasteiger partial charge in [-0.15, -0.1) is 0 Å². The van der Waals surface area contributed by atoms with Gasteiger partial charge in [0.15, 0.2) is 0 Å². The summed E-state index contributed by atoms with van der Waals surface area (Å²) in [6.07, 6.45) is 1.69. The highest BCUT2D eigenvalue weighted by molar-refractivity contribution is 9.10. The number of imidazole rings is 1. The van der Waals surface area contributed by atoms with E-state index in [4.69, 9.17) is 0 Å². The summed E-state index contributed by atoms with van der Waals surface area (Å²) in [6, 6.07) is 22.7. The fourth-order valence-electron chi connectivity index (χ4n) is 2.75. The fraction of sp³-hybridized carbons (Fsp3) is 0.0870. The first kappa shape index (κ1) is 24.2. The van der Waals surface area contributed by atoms with Crippen LogP contribution in [0.4, 0.5) is 11.4 Å². The maximum Gasteiger partial charge on any atom is 0.244 e. The van der Waals surface area contributed by atoms with E-state index in [0.29, 0.717) is 5.33 Å². The predicted octanol–water partition coefficient (Wildman–Crippen LogP) is 6.22. The highest BCUT2D eigenvalue weighted by atomic mass is 79.9. The summed E-state index contributed by atoms with van der Waals surface area (Å²) < 4.78 is 3.82. The van der Waals surface area contributed by atoms with E-state index in [1.807, 2.05) is 77.4 Å². The van der Waals surface area contributed by atoms with Gasteiger partial charge in [0.1, 0.15) is 6.54 Å². The number of hydrogen-bond donors (Lipinski definition) is 2. The molecular weight excluding hydrogens is 604 g/mol. The van der Waals surface area contributed by atoms with E-state index in [1.54, 1.807) is 6.33 Å². The highest BCUT2D eigenvalue weighted by Gasteiger charge is 2.07. The summed E-state index contributed by atoms with van der Waals surface area (Å²) in [7, 11) is 0. The van der Waals surface area contributed by atoms with Crippen LogP contribution in [0.2, 0.25) is 0 Å². The number of halogens is 3. The SMILES string of the molecule is O=C(CBr)Nc1ccc(Br)cc1.O=C(Cn1cnc2ccccc21)Nc1ccc(Br)cc1. The van der Waals surface area contributed by atoms with Crippen LogP contribution in [-0.2, 0) is 16.1 Å². The maximum absolute atomic E-state index is 12.0. The number of amides is 2. The molecule has 0 aliphatic carbocycles. The van der Waals surface area contributed by atoms with Gasteiger partial charge in [0, 0.05) is 20.3 Å². The maximum atomic E-state index is 12.0. The number of carbonyl (C=O) groups excluding carboxylic acids is 2. The molecule has 4 aromatic rings. The number of fused-ring (bicyclic) bond motifs is 1. The largest absolute Gasteiger partial charge is 0.325 e. The van der Waals surface area contributed by atoms with Crippen molar-refractivity contribution in [1.82, 2.24) is 9.55 Å². The van der Waals surface area contributed by atoms with E-state index in [1.165, 1.54) is 0 Å². The molecule has 0 fully saturated rings.